The normalized spacial score (nSPS) is 15.6. The highest BCUT2D eigenvalue weighted by molar-refractivity contribution is 5.77. The zero-order chi connectivity index (χ0) is 26.3. The Kier molecular flexibility index (Phi) is 5.96. The fourth-order valence-electron chi connectivity index (χ4n) is 4.76. The van der Waals surface area contributed by atoms with Gasteiger partial charge in [-0.2, -0.15) is 5.10 Å². The Morgan fingerprint density at radius 3 is 2.03 bits per heavy atom. The molecular formula is C28H25F2N7O. The molecule has 0 radical (unpaired) electrons. The predicted molar refractivity (Wildman–Crippen MR) is 140 cm³/mol. The fraction of sp³-hybridized carbons (Fsp3) is 0.214. The number of rotatable bonds is 5. The lowest BCUT2D eigenvalue weighted by Gasteiger charge is -2.35. The van der Waals surface area contributed by atoms with Crippen molar-refractivity contribution in [1.29, 1.82) is 0 Å². The minimum absolute atomic E-state index is 0.271. The minimum atomic E-state index is -1.34. The van der Waals surface area contributed by atoms with Crippen LogP contribution < -0.4 is 9.80 Å². The molecule has 0 bridgehead atoms. The van der Waals surface area contributed by atoms with Crippen LogP contribution in [0.5, 0.6) is 0 Å². The lowest BCUT2D eigenvalue weighted by atomic mass is 9.90. The number of fused-ring (bicyclic) bond motifs is 1. The number of aliphatic hydroxyl groups is 1. The second kappa shape index (κ2) is 9.46. The third kappa shape index (κ3) is 4.43. The molecular weight excluding hydrogens is 488 g/mol. The maximum atomic E-state index is 13.4. The average Bonchev–Trinajstić information content (AvgIpc) is 3.38. The number of hydrogen-bond acceptors (Lipinski definition) is 7. The summed E-state index contributed by atoms with van der Waals surface area (Å²) in [6, 6.07) is 14.2. The van der Waals surface area contributed by atoms with E-state index in [1.807, 2.05) is 12.3 Å². The molecule has 0 aliphatic carbocycles. The summed E-state index contributed by atoms with van der Waals surface area (Å²) in [4.78, 5) is 17.9. The first-order valence-electron chi connectivity index (χ1n) is 12.3. The van der Waals surface area contributed by atoms with Gasteiger partial charge in [0.05, 0.1) is 0 Å². The Labute approximate surface area is 217 Å². The van der Waals surface area contributed by atoms with Crippen LogP contribution in [0.3, 0.4) is 0 Å². The van der Waals surface area contributed by atoms with E-state index in [0.29, 0.717) is 43.3 Å². The summed E-state index contributed by atoms with van der Waals surface area (Å²) in [5.41, 5.74) is 2.48. The van der Waals surface area contributed by atoms with Crippen LogP contribution in [-0.4, -0.2) is 55.9 Å². The molecule has 38 heavy (non-hydrogen) atoms. The topological polar surface area (TPSA) is 82.7 Å². The van der Waals surface area contributed by atoms with E-state index in [0.717, 1.165) is 22.5 Å². The van der Waals surface area contributed by atoms with Crippen LogP contribution in [-0.2, 0) is 5.60 Å². The molecule has 192 valence electrons. The Bertz CT molecular complexity index is 1560. The van der Waals surface area contributed by atoms with Crippen molar-refractivity contribution in [2.24, 2.45) is 0 Å². The summed E-state index contributed by atoms with van der Waals surface area (Å²) in [5.74, 6) is 0.785. The summed E-state index contributed by atoms with van der Waals surface area (Å²) < 4.78 is 28.4. The lowest BCUT2D eigenvalue weighted by Crippen LogP contribution is -2.47. The van der Waals surface area contributed by atoms with Gasteiger partial charge in [0.15, 0.2) is 5.82 Å². The van der Waals surface area contributed by atoms with Crippen LogP contribution in [0.25, 0.3) is 16.6 Å². The van der Waals surface area contributed by atoms with E-state index in [4.69, 9.17) is 0 Å². The third-order valence-corrected chi connectivity index (χ3v) is 7.03. The first-order chi connectivity index (χ1) is 18.4. The first kappa shape index (κ1) is 23.9. The van der Waals surface area contributed by atoms with Crippen LogP contribution in [0, 0.1) is 11.6 Å². The minimum Gasteiger partial charge on any atom is -0.381 e. The number of halogens is 2. The molecule has 1 saturated heterocycles. The highest BCUT2D eigenvalue weighted by atomic mass is 19.1. The smallest absolute Gasteiger partial charge is 0.225 e. The molecule has 5 aromatic rings. The van der Waals surface area contributed by atoms with Crippen LogP contribution in [0.1, 0.15) is 18.1 Å². The first-order valence-corrected chi connectivity index (χ1v) is 12.3. The number of benzene rings is 2. The molecule has 6 rings (SSSR count). The van der Waals surface area contributed by atoms with Crippen molar-refractivity contribution < 1.29 is 13.9 Å². The number of anilines is 2. The second-order valence-electron chi connectivity index (χ2n) is 9.47. The van der Waals surface area contributed by atoms with Crippen LogP contribution in [0.2, 0.25) is 0 Å². The maximum Gasteiger partial charge on any atom is 0.225 e. The zero-order valence-electron chi connectivity index (χ0n) is 20.7. The molecule has 0 saturated carbocycles. The van der Waals surface area contributed by atoms with Gasteiger partial charge >= 0.3 is 0 Å². The van der Waals surface area contributed by atoms with Gasteiger partial charge in [-0.1, -0.05) is 24.3 Å². The van der Waals surface area contributed by atoms with Gasteiger partial charge in [0.25, 0.3) is 0 Å². The molecule has 8 nitrogen and oxygen atoms in total. The molecule has 3 aromatic heterocycles. The largest absolute Gasteiger partial charge is 0.381 e. The maximum absolute atomic E-state index is 13.4. The van der Waals surface area contributed by atoms with Crippen LogP contribution in [0.4, 0.5) is 20.5 Å². The van der Waals surface area contributed by atoms with E-state index in [2.05, 4.69) is 29.9 Å². The second-order valence-corrected chi connectivity index (χ2v) is 9.47. The van der Waals surface area contributed by atoms with Crippen molar-refractivity contribution >= 4 is 17.3 Å². The Morgan fingerprint density at radius 2 is 1.37 bits per heavy atom. The highest BCUT2D eigenvalue weighted by Crippen LogP contribution is 2.30. The fourth-order valence-corrected chi connectivity index (χ4v) is 4.76. The van der Waals surface area contributed by atoms with Crippen molar-refractivity contribution in [2.45, 2.75) is 12.5 Å². The van der Waals surface area contributed by atoms with Crippen molar-refractivity contribution in [3.05, 3.63) is 102 Å². The highest BCUT2D eigenvalue weighted by Gasteiger charge is 2.28. The monoisotopic (exact) mass is 513 g/mol. The van der Waals surface area contributed by atoms with Gasteiger partial charge in [0, 0.05) is 55.9 Å². The summed E-state index contributed by atoms with van der Waals surface area (Å²) in [6.45, 7) is 4.44. The molecule has 10 heteroatoms. The van der Waals surface area contributed by atoms with Crippen molar-refractivity contribution in [3.8, 4) is 11.1 Å². The number of aromatic nitrogens is 5. The quantitative estimate of drug-likeness (QED) is 0.380. The standard InChI is InChI=1S/C28H25F2N7O/c1-28(38,21-4-8-24(30)9-5-21)22-15-31-27(32-16-22)36-12-10-35(11-13-36)26-25-14-20(17-37(25)34-18-33-26)19-2-6-23(29)7-3-19/h2-9,14-18,38H,10-13H2,1H3/t28-/m1/s1. The van der Waals surface area contributed by atoms with Gasteiger partial charge in [-0.05, 0) is 48.4 Å². The van der Waals surface area contributed by atoms with Gasteiger partial charge in [-0.15, -0.1) is 0 Å². The zero-order valence-corrected chi connectivity index (χ0v) is 20.7. The van der Waals surface area contributed by atoms with Gasteiger partial charge < -0.3 is 14.9 Å². The lowest BCUT2D eigenvalue weighted by molar-refractivity contribution is 0.101. The molecule has 1 atom stereocenters. The summed E-state index contributed by atoms with van der Waals surface area (Å²) in [7, 11) is 0. The molecule has 1 fully saturated rings. The van der Waals surface area contributed by atoms with Gasteiger partial charge in [0.2, 0.25) is 5.95 Å². The third-order valence-electron chi connectivity index (χ3n) is 7.03. The molecule has 2 aromatic carbocycles. The van der Waals surface area contributed by atoms with Crippen molar-refractivity contribution in [2.75, 3.05) is 36.0 Å². The van der Waals surface area contributed by atoms with E-state index in [-0.39, 0.29) is 11.6 Å². The molecule has 0 unspecified atom stereocenters. The number of hydrogen-bond donors (Lipinski definition) is 1. The van der Waals surface area contributed by atoms with Gasteiger partial charge in [-0.3, -0.25) is 0 Å². The Balaban J connectivity index is 1.16. The van der Waals surface area contributed by atoms with E-state index >= 15 is 0 Å². The van der Waals surface area contributed by atoms with E-state index in [1.54, 1.807) is 48.1 Å². The van der Waals surface area contributed by atoms with Gasteiger partial charge in [0.1, 0.15) is 29.1 Å². The predicted octanol–water partition coefficient (Wildman–Crippen LogP) is 4.05. The van der Waals surface area contributed by atoms with E-state index in [9.17, 15) is 13.9 Å². The summed E-state index contributed by atoms with van der Waals surface area (Å²) >= 11 is 0. The molecule has 0 amide bonds. The van der Waals surface area contributed by atoms with Crippen molar-refractivity contribution in [1.82, 2.24) is 24.6 Å². The van der Waals surface area contributed by atoms with E-state index < -0.39 is 5.60 Å². The molecule has 0 spiro atoms. The van der Waals surface area contributed by atoms with Gasteiger partial charge in [-0.25, -0.2) is 28.2 Å². The van der Waals surface area contributed by atoms with E-state index in [1.165, 1.54) is 30.6 Å². The summed E-state index contributed by atoms with van der Waals surface area (Å²) in [6.07, 6.45) is 6.69. The van der Waals surface area contributed by atoms with Crippen LogP contribution in [0.15, 0.2) is 79.5 Å². The number of nitrogens with zero attached hydrogens (tertiary/aromatic N) is 7. The molecule has 4 heterocycles. The molecule has 1 aliphatic heterocycles. The SMILES string of the molecule is C[C@@](O)(c1ccc(F)cc1)c1cnc(N2CCN(c3ncnn4cc(-c5ccc(F)cc5)cc34)CC2)nc1. The summed E-state index contributed by atoms with van der Waals surface area (Å²) in [5, 5.41) is 15.4. The molecule has 1 N–H and O–H groups in total. The van der Waals surface area contributed by atoms with Crippen LogP contribution >= 0.6 is 0 Å². The Morgan fingerprint density at radius 1 is 0.763 bits per heavy atom. The number of piperazine rings is 1. The average molecular weight is 514 g/mol. The molecule has 1 aliphatic rings. The van der Waals surface area contributed by atoms with Crippen molar-refractivity contribution in [3.63, 3.8) is 0 Å². The Hall–Kier alpha value is -4.44.